The Kier molecular flexibility index (Phi) is 3.99. The maximum absolute atomic E-state index is 13.1. The number of aromatic amines is 1. The number of hydrogen-bond donors (Lipinski definition) is 2. The molecule has 4 nitrogen and oxygen atoms in total. The third kappa shape index (κ3) is 3.20. The molecule has 0 unspecified atom stereocenters. The van der Waals surface area contributed by atoms with E-state index >= 15 is 0 Å². The van der Waals surface area contributed by atoms with Gasteiger partial charge >= 0.3 is 0 Å². The summed E-state index contributed by atoms with van der Waals surface area (Å²) in [6.07, 6.45) is 0.344. The van der Waals surface area contributed by atoms with Crippen LogP contribution in [0.5, 0.6) is 0 Å². The van der Waals surface area contributed by atoms with Crippen LogP contribution < -0.4 is 5.32 Å². The van der Waals surface area contributed by atoms with Crippen molar-refractivity contribution in [2.45, 2.75) is 32.9 Å². The van der Waals surface area contributed by atoms with Crippen LogP contribution in [-0.4, -0.2) is 21.5 Å². The predicted octanol–water partition coefficient (Wildman–Crippen LogP) is 2.75. The van der Waals surface area contributed by atoms with Crippen LogP contribution in [0.25, 0.3) is 11.0 Å². The molecule has 2 rings (SSSR count). The Hall–Kier alpha value is -1.69. The summed E-state index contributed by atoms with van der Waals surface area (Å²) in [5, 5.41) is 2.83. The highest BCUT2D eigenvalue weighted by Gasteiger charge is 2.08. The molecule has 0 spiro atoms. The van der Waals surface area contributed by atoms with Crippen molar-refractivity contribution in [2.24, 2.45) is 0 Å². The highest BCUT2D eigenvalue weighted by atomic mass is 32.1. The van der Waals surface area contributed by atoms with Gasteiger partial charge in [0.15, 0.2) is 4.77 Å². The van der Waals surface area contributed by atoms with Gasteiger partial charge in [-0.15, -0.1) is 0 Å². The van der Waals surface area contributed by atoms with Gasteiger partial charge in [0, 0.05) is 19.0 Å². The van der Waals surface area contributed by atoms with Gasteiger partial charge in [-0.1, -0.05) is 0 Å². The molecule has 6 heteroatoms. The molecular formula is C13H16FN3OS. The summed E-state index contributed by atoms with van der Waals surface area (Å²) in [6.45, 7) is 4.30. The van der Waals surface area contributed by atoms with Gasteiger partial charge in [-0.05, 0) is 44.3 Å². The first-order valence-corrected chi connectivity index (χ1v) is 6.55. The number of fused-ring (bicyclic) bond motifs is 1. The van der Waals surface area contributed by atoms with Crippen molar-refractivity contribution in [2.75, 3.05) is 0 Å². The van der Waals surface area contributed by atoms with E-state index < -0.39 is 0 Å². The Morgan fingerprint density at radius 1 is 1.53 bits per heavy atom. The van der Waals surface area contributed by atoms with Crippen molar-refractivity contribution < 1.29 is 9.18 Å². The normalized spacial score (nSPS) is 11.2. The predicted molar refractivity (Wildman–Crippen MR) is 75.0 cm³/mol. The van der Waals surface area contributed by atoms with E-state index in [1.165, 1.54) is 12.1 Å². The van der Waals surface area contributed by atoms with E-state index in [4.69, 9.17) is 12.2 Å². The van der Waals surface area contributed by atoms with E-state index in [2.05, 4.69) is 10.3 Å². The third-order valence-corrected chi connectivity index (χ3v) is 3.07. The van der Waals surface area contributed by atoms with Crippen LogP contribution >= 0.6 is 12.2 Å². The molecule has 2 aromatic rings. The van der Waals surface area contributed by atoms with Gasteiger partial charge in [-0.2, -0.15) is 0 Å². The zero-order chi connectivity index (χ0) is 14.0. The lowest BCUT2D eigenvalue weighted by molar-refractivity contribution is -0.121. The van der Waals surface area contributed by atoms with Crippen molar-refractivity contribution >= 4 is 29.2 Å². The molecule has 2 N–H and O–H groups in total. The number of nitrogens with zero attached hydrogens (tertiary/aromatic N) is 1. The van der Waals surface area contributed by atoms with E-state index in [0.717, 1.165) is 5.52 Å². The number of halogens is 1. The summed E-state index contributed by atoms with van der Waals surface area (Å²) in [4.78, 5) is 14.6. The second-order valence-corrected chi connectivity index (χ2v) is 5.10. The maximum Gasteiger partial charge on any atom is 0.221 e. The highest BCUT2D eigenvalue weighted by Crippen LogP contribution is 2.15. The quantitative estimate of drug-likeness (QED) is 0.847. The smallest absolute Gasteiger partial charge is 0.221 e. The first kappa shape index (κ1) is 13.7. The van der Waals surface area contributed by atoms with E-state index in [0.29, 0.717) is 23.3 Å². The number of rotatable bonds is 4. The Bertz CT molecular complexity index is 659. The average molecular weight is 281 g/mol. The summed E-state index contributed by atoms with van der Waals surface area (Å²) in [5.41, 5.74) is 1.46. The zero-order valence-electron chi connectivity index (χ0n) is 10.9. The van der Waals surface area contributed by atoms with E-state index in [1.807, 2.05) is 18.4 Å². The number of carbonyl (C=O) groups is 1. The van der Waals surface area contributed by atoms with Crippen LogP contribution in [0.2, 0.25) is 0 Å². The fourth-order valence-electron chi connectivity index (χ4n) is 1.97. The van der Waals surface area contributed by atoms with Crippen molar-refractivity contribution in [1.29, 1.82) is 0 Å². The third-order valence-electron chi connectivity index (χ3n) is 2.75. The molecule has 19 heavy (non-hydrogen) atoms. The minimum atomic E-state index is -0.312. The molecule has 0 aliphatic carbocycles. The molecule has 0 saturated heterocycles. The standard InChI is InChI=1S/C13H16FN3OS/c1-8(2)15-12(18)5-6-17-11-4-3-9(14)7-10(11)16-13(17)19/h3-4,7-8H,5-6H2,1-2H3,(H,15,18)(H,16,19). The lowest BCUT2D eigenvalue weighted by Crippen LogP contribution is -2.30. The molecule has 0 radical (unpaired) electrons. The number of carbonyl (C=O) groups excluding carboxylic acids is 1. The van der Waals surface area contributed by atoms with Crippen molar-refractivity contribution in [1.82, 2.24) is 14.9 Å². The number of imidazole rings is 1. The monoisotopic (exact) mass is 281 g/mol. The van der Waals surface area contributed by atoms with Crippen LogP contribution in [0.15, 0.2) is 18.2 Å². The molecule has 0 saturated carbocycles. The molecular weight excluding hydrogens is 265 g/mol. The van der Waals surface area contributed by atoms with Crippen molar-refractivity contribution in [3.05, 3.63) is 28.8 Å². The van der Waals surface area contributed by atoms with Gasteiger partial charge < -0.3 is 14.9 Å². The van der Waals surface area contributed by atoms with Gasteiger partial charge in [0.25, 0.3) is 0 Å². The second-order valence-electron chi connectivity index (χ2n) is 4.72. The van der Waals surface area contributed by atoms with Crippen LogP contribution in [0, 0.1) is 10.6 Å². The molecule has 0 bridgehead atoms. The Labute approximate surface area is 115 Å². The van der Waals surface area contributed by atoms with E-state index in [1.54, 1.807) is 6.07 Å². The Morgan fingerprint density at radius 3 is 2.95 bits per heavy atom. The van der Waals surface area contributed by atoms with Crippen LogP contribution in [0.4, 0.5) is 4.39 Å². The summed E-state index contributed by atoms with van der Waals surface area (Å²) < 4.78 is 15.4. The molecule has 1 amide bonds. The van der Waals surface area contributed by atoms with Gasteiger partial charge in [0.2, 0.25) is 5.91 Å². The summed E-state index contributed by atoms with van der Waals surface area (Å²) >= 11 is 5.19. The van der Waals surface area contributed by atoms with E-state index in [-0.39, 0.29) is 17.8 Å². The van der Waals surface area contributed by atoms with Crippen molar-refractivity contribution in [3.63, 3.8) is 0 Å². The fourth-order valence-corrected chi connectivity index (χ4v) is 2.26. The topological polar surface area (TPSA) is 49.8 Å². The molecule has 0 aliphatic heterocycles. The molecule has 0 fully saturated rings. The average Bonchev–Trinajstić information content (AvgIpc) is 2.60. The maximum atomic E-state index is 13.1. The number of nitrogens with one attached hydrogen (secondary N) is 2. The second kappa shape index (κ2) is 5.52. The number of aromatic nitrogens is 2. The first-order chi connectivity index (χ1) is 8.97. The van der Waals surface area contributed by atoms with Gasteiger partial charge in [0.05, 0.1) is 11.0 Å². The Morgan fingerprint density at radius 2 is 2.26 bits per heavy atom. The van der Waals surface area contributed by atoms with E-state index in [9.17, 15) is 9.18 Å². The number of H-pyrrole nitrogens is 1. The summed E-state index contributed by atoms with van der Waals surface area (Å²) in [7, 11) is 0. The molecule has 0 atom stereocenters. The van der Waals surface area contributed by atoms with Crippen LogP contribution in [0.1, 0.15) is 20.3 Å². The SMILES string of the molecule is CC(C)NC(=O)CCn1c(=S)[nH]c2cc(F)ccc21. The lowest BCUT2D eigenvalue weighted by Gasteiger charge is -2.09. The largest absolute Gasteiger partial charge is 0.354 e. The highest BCUT2D eigenvalue weighted by molar-refractivity contribution is 7.71. The van der Waals surface area contributed by atoms with Gasteiger partial charge in [-0.3, -0.25) is 4.79 Å². The van der Waals surface area contributed by atoms with Crippen LogP contribution in [-0.2, 0) is 11.3 Å². The number of hydrogen-bond acceptors (Lipinski definition) is 2. The Balaban J connectivity index is 2.19. The lowest BCUT2D eigenvalue weighted by atomic mass is 10.3. The fraction of sp³-hybridized carbons (Fsp3) is 0.385. The zero-order valence-corrected chi connectivity index (χ0v) is 11.7. The molecule has 0 aliphatic rings. The van der Waals surface area contributed by atoms with Gasteiger partial charge in [0.1, 0.15) is 5.82 Å². The summed E-state index contributed by atoms with van der Waals surface area (Å²) in [5.74, 6) is -0.332. The summed E-state index contributed by atoms with van der Waals surface area (Å²) in [6, 6.07) is 4.57. The minimum Gasteiger partial charge on any atom is -0.354 e. The van der Waals surface area contributed by atoms with Crippen molar-refractivity contribution in [3.8, 4) is 0 Å². The molecule has 102 valence electrons. The van der Waals surface area contributed by atoms with Gasteiger partial charge in [-0.25, -0.2) is 4.39 Å². The number of amides is 1. The first-order valence-electron chi connectivity index (χ1n) is 6.15. The number of aryl methyl sites for hydroxylation is 1. The number of benzene rings is 1. The molecule has 1 aromatic carbocycles. The molecule has 1 aromatic heterocycles. The minimum absolute atomic E-state index is 0.0200. The van der Waals surface area contributed by atoms with Crippen LogP contribution in [0.3, 0.4) is 0 Å². The molecule has 1 heterocycles.